The molecule has 0 aromatic carbocycles. The van der Waals surface area contributed by atoms with Gasteiger partial charge in [0.2, 0.25) is 0 Å². The molecule has 0 aliphatic rings. The Morgan fingerprint density at radius 3 is 2.60 bits per heavy atom. The Hall–Kier alpha value is -1.63. The Balaban J connectivity index is 2.72. The highest BCUT2D eigenvalue weighted by atomic mass is 32.2. The maximum absolute atomic E-state index is 11.5. The van der Waals surface area contributed by atoms with Gasteiger partial charge in [0.25, 0.3) is 0 Å². The van der Waals surface area contributed by atoms with Crippen LogP contribution < -0.4 is 0 Å². The number of aromatic nitrogens is 2. The smallest absolute Gasteiger partial charge is 0.340 e. The van der Waals surface area contributed by atoms with E-state index in [1.165, 1.54) is 0 Å². The molecule has 0 saturated carbocycles. The zero-order valence-electron chi connectivity index (χ0n) is 11.8. The summed E-state index contributed by atoms with van der Waals surface area (Å²) >= 11 is 1.06. The van der Waals surface area contributed by atoms with Crippen LogP contribution in [0, 0.1) is 13.8 Å². The van der Waals surface area contributed by atoms with Crippen LogP contribution in [0.3, 0.4) is 0 Å². The lowest BCUT2D eigenvalue weighted by molar-refractivity contribution is -0.140. The number of carbonyl (C=O) groups is 2. The van der Waals surface area contributed by atoms with Crippen LogP contribution in [0.2, 0.25) is 0 Å². The third kappa shape index (κ3) is 4.80. The number of thioether (sulfide) groups is 1. The number of hydrogen-bond acceptors (Lipinski definition) is 6. The molecule has 0 aliphatic carbocycles. The molecule has 1 aromatic rings. The van der Waals surface area contributed by atoms with Crippen molar-refractivity contribution in [1.29, 1.82) is 0 Å². The van der Waals surface area contributed by atoms with Crippen LogP contribution in [0.5, 0.6) is 0 Å². The lowest BCUT2D eigenvalue weighted by atomic mass is 10.2. The molecule has 1 rings (SSSR count). The first-order chi connectivity index (χ1) is 9.45. The summed E-state index contributed by atoms with van der Waals surface area (Å²) in [5, 5.41) is 9.47. The molecule has 1 N–H and O–H groups in total. The van der Waals surface area contributed by atoms with E-state index in [1.807, 2.05) is 6.92 Å². The van der Waals surface area contributed by atoms with Crippen LogP contribution in [0.4, 0.5) is 0 Å². The molecular weight excluding hydrogens is 280 g/mol. The Morgan fingerprint density at radius 2 is 2.00 bits per heavy atom. The molecule has 7 heteroatoms. The summed E-state index contributed by atoms with van der Waals surface area (Å²) in [6.07, 6.45) is 1.77. The number of hydrogen-bond donors (Lipinski definition) is 1. The number of aryl methyl sites for hydroxylation is 2. The third-order valence-electron chi connectivity index (χ3n) is 2.47. The molecule has 0 amide bonds. The number of carbonyl (C=O) groups excluding carboxylic acids is 1. The molecular formula is C13H18N2O4S. The molecule has 0 bridgehead atoms. The van der Waals surface area contributed by atoms with Gasteiger partial charge in [-0.2, -0.15) is 0 Å². The number of esters is 1. The van der Waals surface area contributed by atoms with Crippen LogP contribution in [-0.4, -0.2) is 39.4 Å². The summed E-state index contributed by atoms with van der Waals surface area (Å²) in [5.74, 6) is -0.938. The SMILES string of the molecule is CCCCOC(=O)CSc1nc(C)nc(C)c1C(=O)O. The third-order valence-corrected chi connectivity index (χ3v) is 3.42. The number of carboxylic acid groups (broad SMARTS) is 1. The second kappa shape index (κ2) is 7.84. The molecule has 0 radical (unpaired) electrons. The van der Waals surface area contributed by atoms with Gasteiger partial charge < -0.3 is 9.84 Å². The maximum Gasteiger partial charge on any atom is 0.340 e. The van der Waals surface area contributed by atoms with E-state index >= 15 is 0 Å². The van der Waals surface area contributed by atoms with Crippen molar-refractivity contribution in [1.82, 2.24) is 9.97 Å². The highest BCUT2D eigenvalue weighted by molar-refractivity contribution is 8.00. The zero-order chi connectivity index (χ0) is 15.1. The van der Waals surface area contributed by atoms with Crippen LogP contribution in [0.25, 0.3) is 0 Å². The standard InChI is InChI=1S/C13H18N2O4S/c1-4-5-6-19-10(16)7-20-12-11(13(17)18)8(2)14-9(3)15-12/h4-7H2,1-3H3,(H,17,18). The van der Waals surface area contributed by atoms with E-state index in [-0.39, 0.29) is 17.3 Å². The molecule has 0 spiro atoms. The number of aromatic carboxylic acids is 1. The highest BCUT2D eigenvalue weighted by Gasteiger charge is 2.18. The van der Waals surface area contributed by atoms with Gasteiger partial charge in [0.05, 0.1) is 18.1 Å². The zero-order valence-corrected chi connectivity index (χ0v) is 12.6. The molecule has 20 heavy (non-hydrogen) atoms. The Bertz CT molecular complexity index is 505. The predicted molar refractivity (Wildman–Crippen MR) is 75.1 cm³/mol. The average molecular weight is 298 g/mol. The van der Waals surface area contributed by atoms with E-state index in [1.54, 1.807) is 13.8 Å². The number of nitrogens with zero attached hydrogens (tertiary/aromatic N) is 2. The van der Waals surface area contributed by atoms with Crippen LogP contribution >= 0.6 is 11.8 Å². The molecule has 0 saturated heterocycles. The van der Waals surface area contributed by atoms with Crippen molar-refractivity contribution >= 4 is 23.7 Å². The Kier molecular flexibility index (Phi) is 6.44. The summed E-state index contributed by atoms with van der Waals surface area (Å²) in [5.41, 5.74) is 0.439. The van der Waals surface area contributed by atoms with Gasteiger partial charge in [-0.05, 0) is 20.3 Å². The van der Waals surface area contributed by atoms with Crippen molar-refractivity contribution in [3.05, 3.63) is 17.1 Å². The largest absolute Gasteiger partial charge is 0.478 e. The lowest BCUT2D eigenvalue weighted by Crippen LogP contribution is -2.11. The number of unbranched alkanes of at least 4 members (excludes halogenated alkanes) is 1. The van der Waals surface area contributed by atoms with Gasteiger partial charge in [-0.25, -0.2) is 14.8 Å². The second-order valence-electron chi connectivity index (χ2n) is 4.20. The van der Waals surface area contributed by atoms with Gasteiger partial charge in [0.15, 0.2) is 0 Å². The van der Waals surface area contributed by atoms with E-state index in [2.05, 4.69) is 9.97 Å². The molecule has 6 nitrogen and oxygen atoms in total. The first-order valence-electron chi connectivity index (χ1n) is 6.32. The van der Waals surface area contributed by atoms with Crippen molar-refractivity contribution in [3.8, 4) is 0 Å². The summed E-state index contributed by atoms with van der Waals surface area (Å²) in [6, 6.07) is 0. The van der Waals surface area contributed by atoms with Gasteiger partial charge >= 0.3 is 11.9 Å². The van der Waals surface area contributed by atoms with Crippen molar-refractivity contribution in [2.45, 2.75) is 38.6 Å². The van der Waals surface area contributed by atoms with Crippen molar-refractivity contribution in [2.24, 2.45) is 0 Å². The second-order valence-corrected chi connectivity index (χ2v) is 5.17. The predicted octanol–water partition coefficient (Wildman–Crippen LogP) is 2.23. The van der Waals surface area contributed by atoms with Crippen LogP contribution in [-0.2, 0) is 9.53 Å². The monoisotopic (exact) mass is 298 g/mol. The van der Waals surface area contributed by atoms with Crippen molar-refractivity contribution < 1.29 is 19.4 Å². The van der Waals surface area contributed by atoms with Gasteiger partial charge in [-0.15, -0.1) is 0 Å². The van der Waals surface area contributed by atoms with Crippen molar-refractivity contribution in [2.75, 3.05) is 12.4 Å². The van der Waals surface area contributed by atoms with Crippen LogP contribution in [0.15, 0.2) is 5.03 Å². The van der Waals surface area contributed by atoms with Gasteiger partial charge in [-0.1, -0.05) is 25.1 Å². The molecule has 110 valence electrons. The van der Waals surface area contributed by atoms with Gasteiger partial charge in [-0.3, -0.25) is 4.79 Å². The minimum Gasteiger partial charge on any atom is -0.478 e. The molecule has 1 heterocycles. The average Bonchev–Trinajstić information content (AvgIpc) is 2.35. The fraction of sp³-hybridized carbons (Fsp3) is 0.538. The molecule has 0 aliphatic heterocycles. The van der Waals surface area contributed by atoms with E-state index in [9.17, 15) is 9.59 Å². The number of ether oxygens (including phenoxy) is 1. The molecule has 0 fully saturated rings. The summed E-state index contributed by atoms with van der Waals surface area (Å²) in [7, 11) is 0. The summed E-state index contributed by atoms with van der Waals surface area (Å²) in [6.45, 7) is 5.70. The number of rotatable bonds is 7. The first-order valence-corrected chi connectivity index (χ1v) is 7.31. The molecule has 0 atom stereocenters. The maximum atomic E-state index is 11.5. The lowest BCUT2D eigenvalue weighted by Gasteiger charge is -2.08. The normalized spacial score (nSPS) is 10.3. The highest BCUT2D eigenvalue weighted by Crippen LogP contribution is 2.22. The minimum absolute atomic E-state index is 0.0416. The quantitative estimate of drug-likeness (QED) is 0.357. The number of carboxylic acids is 1. The Labute approximate surface area is 122 Å². The van der Waals surface area contributed by atoms with Crippen molar-refractivity contribution in [3.63, 3.8) is 0 Å². The van der Waals surface area contributed by atoms with E-state index < -0.39 is 5.97 Å². The van der Waals surface area contributed by atoms with E-state index in [4.69, 9.17) is 9.84 Å². The molecule has 0 unspecified atom stereocenters. The van der Waals surface area contributed by atoms with E-state index in [0.29, 0.717) is 23.2 Å². The fourth-order valence-electron chi connectivity index (χ4n) is 1.53. The summed E-state index contributed by atoms with van der Waals surface area (Å²) in [4.78, 5) is 30.8. The first kappa shape index (κ1) is 16.4. The fourth-order valence-corrected chi connectivity index (χ4v) is 2.45. The molecule has 1 aromatic heterocycles. The van der Waals surface area contributed by atoms with Gasteiger partial charge in [0, 0.05) is 0 Å². The van der Waals surface area contributed by atoms with Gasteiger partial charge in [0.1, 0.15) is 16.4 Å². The van der Waals surface area contributed by atoms with E-state index in [0.717, 1.165) is 24.6 Å². The summed E-state index contributed by atoms with van der Waals surface area (Å²) < 4.78 is 5.01. The minimum atomic E-state index is -1.09. The Morgan fingerprint density at radius 1 is 1.30 bits per heavy atom. The van der Waals surface area contributed by atoms with Crippen LogP contribution in [0.1, 0.15) is 41.6 Å². The topological polar surface area (TPSA) is 89.4 Å².